The number of amides is 2. The highest BCUT2D eigenvalue weighted by Gasteiger charge is 2.28. The van der Waals surface area contributed by atoms with Crippen LogP contribution in [0.1, 0.15) is 13.8 Å². The summed E-state index contributed by atoms with van der Waals surface area (Å²) in [4.78, 5) is 26.6. The maximum absolute atomic E-state index is 11.6. The van der Waals surface area contributed by atoms with Crippen LogP contribution in [0.15, 0.2) is 18.3 Å². The molecule has 91 valence electrons. The summed E-state index contributed by atoms with van der Waals surface area (Å²) in [6.07, 6.45) is 2.70. The Hall–Kier alpha value is -2.11. The predicted molar refractivity (Wildman–Crippen MR) is 64.6 cm³/mol. The van der Waals surface area contributed by atoms with Gasteiger partial charge >= 0.3 is 0 Å². The number of anilines is 2. The molecule has 0 aliphatic carbocycles. The van der Waals surface area contributed by atoms with Crippen molar-refractivity contribution in [3.63, 3.8) is 0 Å². The van der Waals surface area contributed by atoms with Crippen molar-refractivity contribution in [2.24, 2.45) is 11.1 Å². The van der Waals surface area contributed by atoms with Crippen molar-refractivity contribution in [1.29, 1.82) is 0 Å². The number of nitrogen functional groups attached to an aromatic ring is 1. The first-order valence-corrected chi connectivity index (χ1v) is 5.00. The van der Waals surface area contributed by atoms with E-state index in [0.29, 0.717) is 5.69 Å². The van der Waals surface area contributed by atoms with E-state index in [1.165, 1.54) is 12.6 Å². The minimum Gasteiger partial charge on any atom is -0.396 e. The van der Waals surface area contributed by atoms with Crippen molar-refractivity contribution in [3.8, 4) is 0 Å². The largest absolute Gasteiger partial charge is 0.396 e. The van der Waals surface area contributed by atoms with Gasteiger partial charge in [-0.3, -0.25) is 9.59 Å². The van der Waals surface area contributed by atoms with Gasteiger partial charge in [-0.1, -0.05) is 13.8 Å². The third kappa shape index (κ3) is 3.44. The highest BCUT2D eigenvalue weighted by molar-refractivity contribution is 6.02. The lowest BCUT2D eigenvalue weighted by Gasteiger charge is -2.18. The Balaban J connectivity index is 2.69. The van der Waals surface area contributed by atoms with E-state index >= 15 is 0 Å². The maximum atomic E-state index is 11.6. The number of aromatic nitrogens is 1. The zero-order chi connectivity index (χ0) is 13.1. The van der Waals surface area contributed by atoms with E-state index in [9.17, 15) is 9.59 Å². The number of nitrogens with zero attached hydrogens (tertiary/aromatic N) is 1. The van der Waals surface area contributed by atoms with E-state index in [4.69, 9.17) is 11.5 Å². The van der Waals surface area contributed by atoms with Crippen LogP contribution in [0.5, 0.6) is 0 Å². The summed E-state index contributed by atoms with van der Waals surface area (Å²) in [6, 6.07) is 3.27. The molecule has 0 aliphatic rings. The van der Waals surface area contributed by atoms with Gasteiger partial charge in [0, 0.05) is 6.20 Å². The number of pyridine rings is 1. The normalized spacial score (nSPS) is 10.9. The number of carbonyl (C=O) groups excluding carboxylic acids is 2. The fourth-order valence-electron chi connectivity index (χ4n) is 1.07. The van der Waals surface area contributed by atoms with Crippen molar-refractivity contribution in [2.75, 3.05) is 11.1 Å². The van der Waals surface area contributed by atoms with Crippen LogP contribution in [0.25, 0.3) is 0 Å². The first-order valence-electron chi connectivity index (χ1n) is 5.00. The van der Waals surface area contributed by atoms with Gasteiger partial charge in [0.05, 0.1) is 17.5 Å². The number of carbonyl (C=O) groups is 2. The van der Waals surface area contributed by atoms with Gasteiger partial charge in [-0.05, 0) is 12.1 Å². The van der Waals surface area contributed by atoms with Crippen molar-refractivity contribution >= 4 is 23.3 Å². The van der Waals surface area contributed by atoms with E-state index in [1.54, 1.807) is 26.0 Å². The third-order valence-corrected chi connectivity index (χ3v) is 2.21. The quantitative estimate of drug-likeness (QED) is 0.697. The summed E-state index contributed by atoms with van der Waals surface area (Å²) in [7, 11) is 0. The first-order chi connectivity index (χ1) is 7.83. The van der Waals surface area contributed by atoms with Crippen LogP contribution in [-0.4, -0.2) is 16.8 Å². The number of hydrogen-bond acceptors (Lipinski definition) is 4. The zero-order valence-corrected chi connectivity index (χ0v) is 9.73. The number of rotatable bonds is 4. The molecule has 0 bridgehead atoms. The first kappa shape index (κ1) is 13.0. The third-order valence-electron chi connectivity index (χ3n) is 2.21. The van der Waals surface area contributed by atoms with Crippen molar-refractivity contribution in [1.82, 2.24) is 4.98 Å². The second kappa shape index (κ2) is 4.82. The highest BCUT2D eigenvalue weighted by atomic mass is 16.2. The minimum absolute atomic E-state index is 0.258. The molecule has 1 aromatic rings. The van der Waals surface area contributed by atoms with Crippen LogP contribution in [0.3, 0.4) is 0 Å². The van der Waals surface area contributed by atoms with Gasteiger partial charge < -0.3 is 16.8 Å². The number of nitrogens with two attached hydrogens (primary N) is 2. The molecule has 0 unspecified atom stereocenters. The maximum Gasteiger partial charge on any atom is 0.230 e. The molecule has 17 heavy (non-hydrogen) atoms. The Morgan fingerprint density at radius 1 is 1.47 bits per heavy atom. The molecule has 6 heteroatoms. The molecule has 6 nitrogen and oxygen atoms in total. The molecule has 0 aromatic carbocycles. The van der Waals surface area contributed by atoms with E-state index in [1.807, 2.05) is 0 Å². The summed E-state index contributed by atoms with van der Waals surface area (Å²) in [5.41, 5.74) is 10.1. The fourth-order valence-corrected chi connectivity index (χ4v) is 1.07. The summed E-state index contributed by atoms with van der Waals surface area (Å²) < 4.78 is 0. The van der Waals surface area contributed by atoms with Gasteiger partial charge in [0.25, 0.3) is 0 Å². The summed E-state index contributed by atoms with van der Waals surface area (Å²) >= 11 is 0. The van der Waals surface area contributed by atoms with E-state index in [2.05, 4.69) is 10.3 Å². The van der Waals surface area contributed by atoms with Crippen LogP contribution in [-0.2, 0) is 9.59 Å². The molecule has 0 fully saturated rings. The average Bonchev–Trinajstić information content (AvgIpc) is 2.20. The van der Waals surface area contributed by atoms with Gasteiger partial charge in [-0.25, -0.2) is 4.98 Å². The zero-order valence-electron chi connectivity index (χ0n) is 9.73. The number of hydrogen-bond donors (Lipinski definition) is 3. The van der Waals surface area contributed by atoms with Crippen molar-refractivity contribution in [3.05, 3.63) is 24.8 Å². The Morgan fingerprint density at radius 2 is 2.12 bits per heavy atom. The Morgan fingerprint density at radius 3 is 2.65 bits per heavy atom. The standard InChI is InChI=1S/C11H15N4O2/c1-11(2,10(13)17)6-8(16)15-9-7(12)4-3-5-14-9/h3-6H,12H2,1-2H3,(H2,13,17)(H,14,15,16). The van der Waals surface area contributed by atoms with Crippen LogP contribution in [0.2, 0.25) is 0 Å². The molecular weight excluding hydrogens is 220 g/mol. The lowest BCUT2D eigenvalue weighted by atomic mass is 9.88. The molecule has 2 amide bonds. The summed E-state index contributed by atoms with van der Waals surface area (Å²) in [5, 5.41) is 2.48. The molecule has 1 radical (unpaired) electrons. The predicted octanol–water partition coefficient (Wildman–Crippen LogP) is 0.318. The summed E-state index contributed by atoms with van der Waals surface area (Å²) in [5.74, 6) is -0.796. The van der Waals surface area contributed by atoms with Crippen molar-refractivity contribution in [2.45, 2.75) is 13.8 Å². The molecule has 1 rings (SSSR count). The molecule has 1 aromatic heterocycles. The van der Waals surface area contributed by atoms with E-state index in [0.717, 1.165) is 0 Å². The highest BCUT2D eigenvalue weighted by Crippen LogP contribution is 2.20. The summed E-state index contributed by atoms with van der Waals surface area (Å²) in [6.45, 7) is 3.10. The Kier molecular flexibility index (Phi) is 3.67. The minimum atomic E-state index is -1.02. The molecule has 0 aliphatic heterocycles. The van der Waals surface area contributed by atoms with Gasteiger partial charge in [0.15, 0.2) is 5.82 Å². The molecule has 0 spiro atoms. The smallest absolute Gasteiger partial charge is 0.230 e. The second-order valence-electron chi connectivity index (χ2n) is 4.16. The van der Waals surface area contributed by atoms with Crippen LogP contribution >= 0.6 is 0 Å². The second-order valence-corrected chi connectivity index (χ2v) is 4.16. The van der Waals surface area contributed by atoms with Gasteiger partial charge in [0.2, 0.25) is 11.8 Å². The topological polar surface area (TPSA) is 111 Å². The average molecular weight is 235 g/mol. The van der Waals surface area contributed by atoms with Crippen LogP contribution in [0, 0.1) is 11.8 Å². The molecule has 0 saturated heterocycles. The monoisotopic (exact) mass is 235 g/mol. The lowest BCUT2D eigenvalue weighted by molar-refractivity contribution is -0.127. The van der Waals surface area contributed by atoms with Crippen molar-refractivity contribution < 1.29 is 9.59 Å². The van der Waals surface area contributed by atoms with Crippen LogP contribution < -0.4 is 16.8 Å². The van der Waals surface area contributed by atoms with Gasteiger partial charge in [0.1, 0.15) is 0 Å². The lowest BCUT2D eigenvalue weighted by Crippen LogP contribution is -2.36. The molecule has 0 saturated carbocycles. The van der Waals surface area contributed by atoms with Crippen LogP contribution in [0.4, 0.5) is 11.5 Å². The van der Waals surface area contributed by atoms with E-state index < -0.39 is 17.2 Å². The molecule has 0 atom stereocenters. The molecule has 1 heterocycles. The van der Waals surface area contributed by atoms with Gasteiger partial charge in [-0.2, -0.15) is 0 Å². The van der Waals surface area contributed by atoms with Gasteiger partial charge in [-0.15, -0.1) is 0 Å². The molecular formula is C11H15N4O2. The Bertz CT molecular complexity index is 443. The fraction of sp³-hybridized carbons (Fsp3) is 0.273. The number of nitrogens with one attached hydrogen (secondary N) is 1. The molecule has 5 N–H and O–H groups in total. The Labute approximate surface area is 99.4 Å². The van der Waals surface area contributed by atoms with E-state index in [-0.39, 0.29) is 5.82 Å². The number of primary amides is 1. The SMILES string of the molecule is CC(C)([CH]C(=O)Nc1ncccc1N)C(N)=O.